The van der Waals surface area contributed by atoms with E-state index in [2.05, 4.69) is 40.9 Å². The SMILES string of the molecule is O=C(Cc1cccnc1)Nc1ccc(CCCCn2cc(C(O)NCc3cc(OC(F)(F)F)ccc3F)nn2)nn1. The van der Waals surface area contributed by atoms with Crippen molar-refractivity contribution in [2.24, 2.45) is 0 Å². The smallest absolute Gasteiger partial charge is 0.406 e. The first-order valence-corrected chi connectivity index (χ1v) is 12.5. The molecule has 0 radical (unpaired) electrons. The van der Waals surface area contributed by atoms with Crippen LogP contribution in [0, 0.1) is 5.82 Å². The summed E-state index contributed by atoms with van der Waals surface area (Å²) in [5, 5.41) is 31.6. The third-order valence-corrected chi connectivity index (χ3v) is 5.72. The molecule has 4 rings (SSSR count). The van der Waals surface area contributed by atoms with E-state index in [0.29, 0.717) is 18.8 Å². The molecule has 216 valence electrons. The van der Waals surface area contributed by atoms with E-state index >= 15 is 0 Å². The summed E-state index contributed by atoms with van der Waals surface area (Å²) >= 11 is 0. The van der Waals surface area contributed by atoms with Crippen LogP contribution in [-0.4, -0.2) is 47.6 Å². The molecule has 0 saturated heterocycles. The fourth-order valence-corrected chi connectivity index (χ4v) is 3.76. The number of rotatable bonds is 13. The molecule has 0 spiro atoms. The predicted molar refractivity (Wildman–Crippen MR) is 136 cm³/mol. The second-order valence-electron chi connectivity index (χ2n) is 8.94. The highest BCUT2D eigenvalue weighted by molar-refractivity contribution is 5.91. The summed E-state index contributed by atoms with van der Waals surface area (Å²) in [6.07, 6.45) is 0.847. The highest BCUT2D eigenvalue weighted by Gasteiger charge is 2.31. The van der Waals surface area contributed by atoms with Crippen LogP contribution in [0.4, 0.5) is 23.4 Å². The van der Waals surface area contributed by atoms with Crippen LogP contribution in [0.25, 0.3) is 0 Å². The molecule has 3 N–H and O–H groups in total. The lowest BCUT2D eigenvalue weighted by Crippen LogP contribution is -2.22. The number of nitrogens with zero attached hydrogens (tertiary/aromatic N) is 6. The van der Waals surface area contributed by atoms with Crippen LogP contribution in [0.2, 0.25) is 0 Å². The number of benzene rings is 1. The summed E-state index contributed by atoms with van der Waals surface area (Å²) in [4.78, 5) is 16.1. The molecule has 1 unspecified atom stereocenters. The minimum atomic E-state index is -4.90. The van der Waals surface area contributed by atoms with Crippen LogP contribution in [0.1, 0.15) is 41.6 Å². The topological polar surface area (TPSA) is 140 Å². The van der Waals surface area contributed by atoms with Crippen LogP contribution in [0.3, 0.4) is 0 Å². The Morgan fingerprint density at radius 2 is 1.95 bits per heavy atom. The molecule has 41 heavy (non-hydrogen) atoms. The van der Waals surface area contributed by atoms with E-state index in [4.69, 9.17) is 0 Å². The van der Waals surface area contributed by atoms with Crippen molar-refractivity contribution < 1.29 is 32.2 Å². The number of aliphatic hydroxyl groups excluding tert-OH is 1. The first-order valence-electron chi connectivity index (χ1n) is 12.5. The molecule has 0 bridgehead atoms. The largest absolute Gasteiger partial charge is 0.573 e. The van der Waals surface area contributed by atoms with Gasteiger partial charge in [-0.15, -0.1) is 23.4 Å². The first kappa shape index (κ1) is 29.5. The third-order valence-electron chi connectivity index (χ3n) is 5.72. The van der Waals surface area contributed by atoms with Gasteiger partial charge in [-0.05, 0) is 61.2 Å². The molecule has 11 nitrogen and oxygen atoms in total. The predicted octanol–water partition coefficient (Wildman–Crippen LogP) is 3.49. The first-order chi connectivity index (χ1) is 19.6. The quantitative estimate of drug-likeness (QED) is 0.124. The Hall–Kier alpha value is -4.50. The van der Waals surface area contributed by atoms with E-state index in [1.165, 1.54) is 10.9 Å². The van der Waals surface area contributed by atoms with Crippen LogP contribution < -0.4 is 15.4 Å². The number of halogens is 4. The second-order valence-corrected chi connectivity index (χ2v) is 8.94. The number of ether oxygens (including phenoxy) is 1. The Labute approximate surface area is 231 Å². The van der Waals surface area contributed by atoms with E-state index in [0.717, 1.165) is 42.3 Å². The number of hydrogen-bond donors (Lipinski definition) is 3. The number of pyridine rings is 1. The maximum absolute atomic E-state index is 14.0. The van der Waals surface area contributed by atoms with Crippen LogP contribution in [-0.2, 0) is 30.7 Å². The molecule has 0 aliphatic carbocycles. The van der Waals surface area contributed by atoms with E-state index in [-0.39, 0.29) is 30.1 Å². The summed E-state index contributed by atoms with van der Waals surface area (Å²) in [5.41, 5.74) is 1.59. The van der Waals surface area contributed by atoms with Gasteiger partial charge in [0.05, 0.1) is 18.3 Å². The van der Waals surface area contributed by atoms with E-state index < -0.39 is 24.2 Å². The Bertz CT molecular complexity index is 1420. The molecule has 1 aromatic carbocycles. The van der Waals surface area contributed by atoms with Gasteiger partial charge >= 0.3 is 6.36 Å². The number of aryl methyl sites for hydroxylation is 2. The molecule has 3 heterocycles. The zero-order valence-corrected chi connectivity index (χ0v) is 21.6. The number of nitrogens with one attached hydrogen (secondary N) is 2. The van der Waals surface area contributed by atoms with Crippen molar-refractivity contribution in [1.29, 1.82) is 0 Å². The Morgan fingerprint density at radius 3 is 2.68 bits per heavy atom. The fourth-order valence-electron chi connectivity index (χ4n) is 3.76. The summed E-state index contributed by atoms with van der Waals surface area (Å²) in [6, 6.07) is 9.66. The van der Waals surface area contributed by atoms with E-state index in [9.17, 15) is 27.5 Å². The minimum Gasteiger partial charge on any atom is -0.406 e. The molecule has 15 heteroatoms. The highest BCUT2D eigenvalue weighted by Crippen LogP contribution is 2.25. The average molecular weight is 575 g/mol. The van der Waals surface area contributed by atoms with E-state index in [1.54, 1.807) is 30.6 Å². The molecule has 3 aromatic heterocycles. The van der Waals surface area contributed by atoms with Gasteiger partial charge in [0.1, 0.15) is 17.3 Å². The molecule has 0 aliphatic heterocycles. The Balaban J connectivity index is 1.17. The molecule has 0 aliphatic rings. The lowest BCUT2D eigenvalue weighted by molar-refractivity contribution is -0.274. The molecule has 1 atom stereocenters. The second kappa shape index (κ2) is 13.7. The Kier molecular flexibility index (Phi) is 9.86. The maximum Gasteiger partial charge on any atom is 0.573 e. The van der Waals surface area contributed by atoms with Crippen LogP contribution >= 0.6 is 0 Å². The van der Waals surface area contributed by atoms with Gasteiger partial charge in [-0.25, -0.2) is 4.39 Å². The fraction of sp³-hybridized carbons (Fsp3) is 0.308. The molecule has 1 amide bonds. The van der Waals surface area contributed by atoms with Gasteiger partial charge in [-0.2, -0.15) is 5.10 Å². The normalized spacial score (nSPS) is 12.2. The van der Waals surface area contributed by atoms with E-state index in [1.807, 2.05) is 6.07 Å². The van der Waals surface area contributed by atoms with Gasteiger partial charge in [0, 0.05) is 31.0 Å². The number of aliphatic hydroxyl groups is 1. The molecule has 4 aromatic rings. The van der Waals surface area contributed by atoms with Crippen molar-refractivity contribution in [3.05, 3.63) is 89.4 Å². The standard InChI is InChI=1S/C26H26F4N8O3/c27-21-8-7-20(41-26(28,29)30)13-18(21)15-32-25(40)22-16-38(37-35-22)11-2-1-5-19-6-9-23(36-34-19)33-24(39)12-17-4-3-10-31-14-17/h3-4,6-10,13-14,16,25,32,40H,1-2,5,11-12,15H2,(H,33,36,39). The number of unbranched alkanes of at least 4 members (excludes halogenated alkanes) is 1. The van der Waals surface area contributed by atoms with Crippen molar-refractivity contribution in [3.63, 3.8) is 0 Å². The van der Waals surface area contributed by atoms with Gasteiger partial charge in [-0.3, -0.25) is 19.8 Å². The van der Waals surface area contributed by atoms with Crippen molar-refractivity contribution in [1.82, 2.24) is 35.5 Å². The van der Waals surface area contributed by atoms with Crippen molar-refractivity contribution >= 4 is 11.7 Å². The number of carbonyl (C=O) groups excluding carboxylic acids is 1. The van der Waals surface area contributed by atoms with Gasteiger partial charge in [-0.1, -0.05) is 11.3 Å². The summed E-state index contributed by atoms with van der Waals surface area (Å²) in [6.45, 7) is 0.226. The van der Waals surface area contributed by atoms with Gasteiger partial charge in [0.15, 0.2) is 12.0 Å². The van der Waals surface area contributed by atoms with Gasteiger partial charge in [0.2, 0.25) is 5.91 Å². The zero-order valence-electron chi connectivity index (χ0n) is 21.6. The highest BCUT2D eigenvalue weighted by atomic mass is 19.4. The Morgan fingerprint density at radius 1 is 1.10 bits per heavy atom. The molecular formula is C26H26F4N8O3. The van der Waals surface area contributed by atoms with Crippen molar-refractivity contribution in [3.8, 4) is 5.75 Å². The van der Waals surface area contributed by atoms with Crippen LogP contribution in [0.5, 0.6) is 5.75 Å². The summed E-state index contributed by atoms with van der Waals surface area (Å²) in [7, 11) is 0. The average Bonchev–Trinajstić information content (AvgIpc) is 3.41. The molecule has 0 saturated carbocycles. The van der Waals surface area contributed by atoms with Crippen molar-refractivity contribution in [2.75, 3.05) is 5.32 Å². The lowest BCUT2D eigenvalue weighted by Gasteiger charge is -2.13. The lowest BCUT2D eigenvalue weighted by atomic mass is 10.2. The zero-order chi connectivity index (χ0) is 29.2. The number of carbonyl (C=O) groups is 1. The van der Waals surface area contributed by atoms with Crippen molar-refractivity contribution in [2.45, 2.75) is 51.4 Å². The minimum absolute atomic E-state index is 0.124. The molecule has 0 fully saturated rings. The maximum atomic E-state index is 14.0. The number of aromatic nitrogens is 6. The summed E-state index contributed by atoms with van der Waals surface area (Å²) < 4.78 is 56.5. The number of amides is 1. The monoisotopic (exact) mass is 574 g/mol. The summed E-state index contributed by atoms with van der Waals surface area (Å²) in [5.74, 6) is -1.19. The number of alkyl halides is 3. The molecular weight excluding hydrogens is 548 g/mol. The number of hydrogen-bond acceptors (Lipinski definition) is 9. The number of anilines is 1. The van der Waals surface area contributed by atoms with Crippen LogP contribution in [0.15, 0.2) is 61.1 Å². The third kappa shape index (κ3) is 9.58. The van der Waals surface area contributed by atoms with Gasteiger partial charge < -0.3 is 15.2 Å². The van der Waals surface area contributed by atoms with Gasteiger partial charge in [0.25, 0.3) is 0 Å².